The number of hydrogen-bond acceptors (Lipinski definition) is 3. The van der Waals surface area contributed by atoms with Crippen molar-refractivity contribution in [2.24, 2.45) is 11.1 Å². The van der Waals surface area contributed by atoms with Crippen LogP contribution in [0.2, 0.25) is 0 Å². The molecule has 0 aromatic rings. The Bertz CT molecular complexity index is 125. The number of carbonyl (C=O) groups is 1. The molecule has 1 fully saturated rings. The Labute approximate surface area is 52.6 Å². The summed E-state index contributed by atoms with van der Waals surface area (Å²) in [5.41, 5.74) is 4.44. The lowest BCUT2D eigenvalue weighted by Gasteiger charge is -2.35. The number of carboxylic acids is 1. The Kier molecular flexibility index (Phi) is 1.42. The second-order valence-electron chi connectivity index (χ2n) is 2.28. The highest BCUT2D eigenvalue weighted by Crippen LogP contribution is 2.25. The molecule has 0 aromatic heterocycles. The summed E-state index contributed by atoms with van der Waals surface area (Å²) in [6.07, 6.45) is 0. The minimum Gasteiger partial charge on any atom is -0.481 e. The van der Waals surface area contributed by atoms with Crippen molar-refractivity contribution >= 4 is 5.97 Å². The molecule has 0 bridgehead atoms. The SMILES string of the molecule is NCC1(C(=O)O)COC1. The lowest BCUT2D eigenvalue weighted by Crippen LogP contribution is -2.53. The number of nitrogens with two attached hydrogens (primary N) is 1. The van der Waals surface area contributed by atoms with E-state index in [1.807, 2.05) is 0 Å². The van der Waals surface area contributed by atoms with E-state index in [-0.39, 0.29) is 19.8 Å². The molecule has 1 aliphatic rings. The summed E-state index contributed by atoms with van der Waals surface area (Å²) >= 11 is 0. The van der Waals surface area contributed by atoms with E-state index in [4.69, 9.17) is 15.6 Å². The van der Waals surface area contributed by atoms with Crippen LogP contribution in [0, 0.1) is 5.41 Å². The van der Waals surface area contributed by atoms with Gasteiger partial charge in [-0.1, -0.05) is 0 Å². The minimum absolute atomic E-state index is 0.169. The Balaban J connectivity index is 2.57. The fourth-order valence-corrected chi connectivity index (χ4v) is 0.677. The fourth-order valence-electron chi connectivity index (χ4n) is 0.677. The molecule has 0 unspecified atom stereocenters. The summed E-state index contributed by atoms with van der Waals surface area (Å²) in [6, 6.07) is 0. The summed E-state index contributed by atoms with van der Waals surface area (Å²) in [4.78, 5) is 10.4. The van der Waals surface area contributed by atoms with Gasteiger partial charge in [-0.3, -0.25) is 4.79 Å². The standard InChI is InChI=1S/C5H9NO3/c6-1-5(4(7)8)2-9-3-5/h1-3,6H2,(H,7,8). The van der Waals surface area contributed by atoms with Crippen LogP contribution in [0.5, 0.6) is 0 Å². The molecule has 3 N–H and O–H groups in total. The molecule has 1 saturated heterocycles. The normalized spacial score (nSPS) is 22.8. The second-order valence-corrected chi connectivity index (χ2v) is 2.28. The third kappa shape index (κ3) is 0.799. The van der Waals surface area contributed by atoms with Crippen LogP contribution in [0.4, 0.5) is 0 Å². The van der Waals surface area contributed by atoms with Gasteiger partial charge >= 0.3 is 5.97 Å². The van der Waals surface area contributed by atoms with Gasteiger partial charge in [0.25, 0.3) is 0 Å². The summed E-state index contributed by atoms with van der Waals surface area (Å²) < 4.78 is 4.73. The zero-order valence-electron chi connectivity index (χ0n) is 4.96. The minimum atomic E-state index is -0.851. The highest BCUT2D eigenvalue weighted by Gasteiger charge is 2.44. The van der Waals surface area contributed by atoms with E-state index in [9.17, 15) is 4.79 Å². The van der Waals surface area contributed by atoms with Crippen LogP contribution in [0.15, 0.2) is 0 Å². The predicted molar refractivity (Wildman–Crippen MR) is 29.9 cm³/mol. The van der Waals surface area contributed by atoms with Crippen LogP contribution in [-0.4, -0.2) is 30.8 Å². The Morgan fingerprint density at radius 1 is 1.78 bits per heavy atom. The van der Waals surface area contributed by atoms with E-state index in [1.54, 1.807) is 0 Å². The second kappa shape index (κ2) is 1.97. The number of hydrogen-bond donors (Lipinski definition) is 2. The van der Waals surface area contributed by atoms with E-state index in [0.717, 1.165) is 0 Å². The van der Waals surface area contributed by atoms with Gasteiger partial charge in [-0.25, -0.2) is 0 Å². The monoisotopic (exact) mass is 131 g/mol. The van der Waals surface area contributed by atoms with E-state index in [1.165, 1.54) is 0 Å². The van der Waals surface area contributed by atoms with Crippen LogP contribution in [0.1, 0.15) is 0 Å². The number of aliphatic carboxylic acids is 1. The molecular formula is C5H9NO3. The molecule has 0 amide bonds. The van der Waals surface area contributed by atoms with Gasteiger partial charge in [0.1, 0.15) is 5.41 Å². The summed E-state index contributed by atoms with van der Waals surface area (Å²) in [6.45, 7) is 0.694. The van der Waals surface area contributed by atoms with Crippen molar-refractivity contribution in [1.29, 1.82) is 0 Å². The lowest BCUT2D eigenvalue weighted by molar-refractivity contribution is -0.177. The lowest BCUT2D eigenvalue weighted by atomic mass is 9.86. The highest BCUT2D eigenvalue weighted by molar-refractivity contribution is 5.76. The average Bonchev–Trinajstić information content (AvgIpc) is 1.62. The van der Waals surface area contributed by atoms with Crippen molar-refractivity contribution in [3.8, 4) is 0 Å². The third-order valence-electron chi connectivity index (χ3n) is 1.60. The zero-order valence-corrected chi connectivity index (χ0v) is 4.96. The van der Waals surface area contributed by atoms with E-state index < -0.39 is 11.4 Å². The van der Waals surface area contributed by atoms with Crippen LogP contribution in [-0.2, 0) is 9.53 Å². The molecule has 52 valence electrons. The molecule has 1 heterocycles. The van der Waals surface area contributed by atoms with Gasteiger partial charge in [0.05, 0.1) is 13.2 Å². The Morgan fingerprint density at radius 3 is 2.33 bits per heavy atom. The van der Waals surface area contributed by atoms with Gasteiger partial charge in [0.15, 0.2) is 0 Å². The first-order valence-electron chi connectivity index (χ1n) is 2.72. The van der Waals surface area contributed by atoms with Crippen molar-refractivity contribution < 1.29 is 14.6 Å². The summed E-state index contributed by atoms with van der Waals surface area (Å²) in [5, 5.41) is 8.52. The molecule has 0 spiro atoms. The van der Waals surface area contributed by atoms with Crippen molar-refractivity contribution in [2.45, 2.75) is 0 Å². The molecule has 0 saturated carbocycles. The Morgan fingerprint density at radius 2 is 2.33 bits per heavy atom. The quantitative estimate of drug-likeness (QED) is 0.506. The molecular weight excluding hydrogens is 122 g/mol. The van der Waals surface area contributed by atoms with Crippen molar-refractivity contribution in [2.75, 3.05) is 19.8 Å². The molecule has 1 aliphatic heterocycles. The van der Waals surface area contributed by atoms with Crippen molar-refractivity contribution in [1.82, 2.24) is 0 Å². The number of carboxylic acid groups (broad SMARTS) is 1. The van der Waals surface area contributed by atoms with Crippen LogP contribution in [0.25, 0.3) is 0 Å². The topological polar surface area (TPSA) is 72.6 Å². The highest BCUT2D eigenvalue weighted by atomic mass is 16.5. The Hall–Kier alpha value is -0.610. The van der Waals surface area contributed by atoms with Gasteiger partial charge in [0, 0.05) is 6.54 Å². The predicted octanol–water partition coefficient (Wildman–Crippen LogP) is -0.954. The first-order valence-corrected chi connectivity index (χ1v) is 2.72. The van der Waals surface area contributed by atoms with Crippen LogP contribution >= 0.6 is 0 Å². The molecule has 4 heteroatoms. The molecule has 4 nitrogen and oxygen atoms in total. The fraction of sp³-hybridized carbons (Fsp3) is 0.800. The van der Waals surface area contributed by atoms with Gasteiger partial charge in [-0.2, -0.15) is 0 Å². The molecule has 0 radical (unpaired) electrons. The maximum absolute atomic E-state index is 10.4. The largest absolute Gasteiger partial charge is 0.481 e. The van der Waals surface area contributed by atoms with Crippen LogP contribution in [0.3, 0.4) is 0 Å². The maximum Gasteiger partial charge on any atom is 0.315 e. The molecule has 0 aromatic carbocycles. The zero-order chi connectivity index (χ0) is 6.91. The van der Waals surface area contributed by atoms with Crippen molar-refractivity contribution in [3.05, 3.63) is 0 Å². The third-order valence-corrected chi connectivity index (χ3v) is 1.60. The van der Waals surface area contributed by atoms with Gasteiger partial charge in [0.2, 0.25) is 0 Å². The number of ether oxygens (including phenoxy) is 1. The van der Waals surface area contributed by atoms with E-state index >= 15 is 0 Å². The van der Waals surface area contributed by atoms with Crippen LogP contribution < -0.4 is 5.73 Å². The maximum atomic E-state index is 10.4. The van der Waals surface area contributed by atoms with E-state index in [0.29, 0.717) is 0 Å². The van der Waals surface area contributed by atoms with E-state index in [2.05, 4.69) is 0 Å². The summed E-state index contributed by atoms with van der Waals surface area (Å²) in [7, 11) is 0. The molecule has 0 atom stereocenters. The summed E-state index contributed by atoms with van der Waals surface area (Å²) in [5.74, 6) is -0.851. The van der Waals surface area contributed by atoms with Gasteiger partial charge < -0.3 is 15.6 Å². The smallest absolute Gasteiger partial charge is 0.315 e. The van der Waals surface area contributed by atoms with Crippen molar-refractivity contribution in [3.63, 3.8) is 0 Å². The number of rotatable bonds is 2. The molecule has 0 aliphatic carbocycles. The van der Waals surface area contributed by atoms with Gasteiger partial charge in [-0.05, 0) is 0 Å². The average molecular weight is 131 g/mol. The molecule has 1 rings (SSSR count). The first-order chi connectivity index (χ1) is 4.21. The first kappa shape index (κ1) is 6.51. The molecule has 9 heavy (non-hydrogen) atoms. The van der Waals surface area contributed by atoms with Gasteiger partial charge in [-0.15, -0.1) is 0 Å².